The van der Waals surface area contributed by atoms with Crippen molar-refractivity contribution in [3.05, 3.63) is 0 Å². The van der Waals surface area contributed by atoms with Gasteiger partial charge >= 0.3 is 0 Å². The molecular formula is C7H16N2O. The molecule has 0 aliphatic carbocycles. The number of carbonyl (C=O) groups is 1. The predicted molar refractivity (Wildman–Crippen MR) is 41.8 cm³/mol. The smallest absolute Gasteiger partial charge is 0.136 e. The lowest BCUT2D eigenvalue weighted by Gasteiger charge is -2.17. The van der Waals surface area contributed by atoms with Crippen LogP contribution in [0.25, 0.3) is 0 Å². The Labute approximate surface area is 62.0 Å². The van der Waals surface area contributed by atoms with Crippen molar-refractivity contribution in [2.24, 2.45) is 5.73 Å². The molecule has 1 saturated heterocycles. The third-order valence-electron chi connectivity index (χ3n) is 1.51. The summed E-state index contributed by atoms with van der Waals surface area (Å²) in [6.45, 7) is 1.02. The van der Waals surface area contributed by atoms with E-state index in [0.29, 0.717) is 0 Å². The Hall–Kier alpha value is -0.410. The average Bonchev–Trinajstić information content (AvgIpc) is 2.10. The molecule has 0 radical (unpaired) electrons. The first-order chi connectivity index (χ1) is 4.93. The summed E-state index contributed by atoms with van der Waals surface area (Å²) in [4.78, 5) is 10.1. The Bertz CT molecular complexity index is 79.7. The topological polar surface area (TPSA) is 55.1 Å². The number of nitrogens with two attached hydrogens (primary N) is 1. The van der Waals surface area contributed by atoms with Crippen molar-refractivity contribution in [3.63, 3.8) is 0 Å². The van der Waals surface area contributed by atoms with Gasteiger partial charge in [0, 0.05) is 0 Å². The predicted octanol–water partition coefficient (Wildman–Crippen LogP) is -0.0977. The highest BCUT2D eigenvalue weighted by molar-refractivity contribution is 5.57. The summed E-state index contributed by atoms with van der Waals surface area (Å²) >= 11 is 0. The quantitative estimate of drug-likeness (QED) is 0.505. The zero-order valence-corrected chi connectivity index (χ0v) is 6.47. The molecule has 1 rings (SSSR count). The van der Waals surface area contributed by atoms with Gasteiger partial charge in [0.25, 0.3) is 0 Å². The summed E-state index contributed by atoms with van der Waals surface area (Å²) in [5.41, 5.74) is 4.50. The molecule has 1 heterocycles. The van der Waals surface area contributed by atoms with E-state index < -0.39 is 0 Å². The molecule has 1 atom stereocenters. The fraction of sp³-hybridized carbons (Fsp3) is 0.857. The van der Waals surface area contributed by atoms with Crippen molar-refractivity contribution in [1.29, 1.82) is 0 Å². The zero-order chi connectivity index (χ0) is 7.82. The Kier molecular flexibility index (Phi) is 6.43. The first-order valence-corrected chi connectivity index (χ1v) is 3.70. The second-order valence-corrected chi connectivity index (χ2v) is 2.19. The lowest BCUT2D eigenvalue weighted by Crippen LogP contribution is -2.34. The fourth-order valence-corrected chi connectivity index (χ4v) is 0.995. The van der Waals surface area contributed by atoms with Crippen molar-refractivity contribution in [2.75, 3.05) is 13.6 Å². The molecule has 3 heteroatoms. The van der Waals surface area contributed by atoms with Crippen LogP contribution in [-0.4, -0.2) is 25.9 Å². The van der Waals surface area contributed by atoms with E-state index >= 15 is 0 Å². The first kappa shape index (κ1) is 9.59. The highest BCUT2D eigenvalue weighted by Crippen LogP contribution is 2.03. The Morgan fingerprint density at radius 1 is 1.50 bits per heavy atom. The number of rotatable bonds is 1. The monoisotopic (exact) mass is 144 g/mol. The van der Waals surface area contributed by atoms with Gasteiger partial charge in [0.1, 0.15) is 6.29 Å². The molecule has 0 saturated carbocycles. The molecule has 1 aliphatic rings. The van der Waals surface area contributed by atoms with Crippen LogP contribution in [0.2, 0.25) is 0 Å². The zero-order valence-electron chi connectivity index (χ0n) is 6.47. The third kappa shape index (κ3) is 3.58. The second-order valence-electron chi connectivity index (χ2n) is 2.19. The van der Waals surface area contributed by atoms with Crippen LogP contribution in [0.5, 0.6) is 0 Å². The molecule has 0 aromatic heterocycles. The maximum absolute atomic E-state index is 10.1. The van der Waals surface area contributed by atoms with Crippen molar-refractivity contribution >= 4 is 6.29 Å². The third-order valence-corrected chi connectivity index (χ3v) is 1.51. The van der Waals surface area contributed by atoms with Crippen molar-refractivity contribution in [1.82, 2.24) is 5.32 Å². The second kappa shape index (κ2) is 6.71. The molecule has 1 aliphatic heterocycles. The minimum absolute atomic E-state index is 0.156. The van der Waals surface area contributed by atoms with E-state index in [2.05, 4.69) is 11.1 Å². The molecule has 1 fully saturated rings. The molecule has 0 amide bonds. The van der Waals surface area contributed by atoms with Crippen LogP contribution in [0.4, 0.5) is 0 Å². The van der Waals surface area contributed by atoms with Crippen LogP contribution in [0, 0.1) is 0 Å². The minimum Gasteiger partial charge on any atom is -0.333 e. The molecule has 0 aromatic carbocycles. The van der Waals surface area contributed by atoms with E-state index in [1.807, 2.05) is 0 Å². The van der Waals surface area contributed by atoms with Crippen LogP contribution < -0.4 is 11.1 Å². The van der Waals surface area contributed by atoms with Gasteiger partial charge in [0.05, 0.1) is 6.04 Å². The van der Waals surface area contributed by atoms with Gasteiger partial charge < -0.3 is 15.8 Å². The van der Waals surface area contributed by atoms with Crippen molar-refractivity contribution in [3.8, 4) is 0 Å². The van der Waals surface area contributed by atoms with Gasteiger partial charge in [-0.2, -0.15) is 0 Å². The van der Waals surface area contributed by atoms with Crippen molar-refractivity contribution < 1.29 is 4.79 Å². The van der Waals surface area contributed by atoms with Crippen LogP contribution in [-0.2, 0) is 4.79 Å². The Morgan fingerprint density at radius 3 is 2.50 bits per heavy atom. The highest BCUT2D eigenvalue weighted by Gasteiger charge is 2.09. The van der Waals surface area contributed by atoms with E-state index in [1.54, 1.807) is 0 Å². The van der Waals surface area contributed by atoms with Crippen molar-refractivity contribution in [2.45, 2.75) is 25.3 Å². The lowest BCUT2D eigenvalue weighted by atomic mass is 10.1. The van der Waals surface area contributed by atoms with Gasteiger partial charge in [0.15, 0.2) is 0 Å². The van der Waals surface area contributed by atoms with E-state index in [1.165, 1.54) is 19.9 Å². The largest absolute Gasteiger partial charge is 0.333 e. The summed E-state index contributed by atoms with van der Waals surface area (Å²) < 4.78 is 0. The van der Waals surface area contributed by atoms with Crippen LogP contribution >= 0.6 is 0 Å². The first-order valence-electron chi connectivity index (χ1n) is 3.70. The lowest BCUT2D eigenvalue weighted by molar-refractivity contribution is -0.110. The molecule has 3 N–H and O–H groups in total. The van der Waals surface area contributed by atoms with Gasteiger partial charge in [-0.1, -0.05) is 6.42 Å². The summed E-state index contributed by atoms with van der Waals surface area (Å²) in [5, 5.41) is 3.10. The number of hydrogen-bond donors (Lipinski definition) is 2. The number of hydrogen-bond acceptors (Lipinski definition) is 3. The van der Waals surface area contributed by atoms with E-state index in [0.717, 1.165) is 19.3 Å². The van der Waals surface area contributed by atoms with Crippen LogP contribution in [0.15, 0.2) is 0 Å². The summed E-state index contributed by atoms with van der Waals surface area (Å²) in [7, 11) is 1.50. The Morgan fingerprint density at radius 2 is 2.20 bits per heavy atom. The van der Waals surface area contributed by atoms with E-state index in [4.69, 9.17) is 0 Å². The minimum atomic E-state index is 0.156. The van der Waals surface area contributed by atoms with Crippen LogP contribution in [0.3, 0.4) is 0 Å². The van der Waals surface area contributed by atoms with Gasteiger partial charge in [-0.3, -0.25) is 0 Å². The average molecular weight is 144 g/mol. The molecule has 10 heavy (non-hydrogen) atoms. The summed E-state index contributed by atoms with van der Waals surface area (Å²) in [5.74, 6) is 0. The summed E-state index contributed by atoms with van der Waals surface area (Å²) in [6, 6.07) is 0.156. The van der Waals surface area contributed by atoms with Gasteiger partial charge in [-0.25, -0.2) is 0 Å². The maximum atomic E-state index is 10.1. The molecular weight excluding hydrogens is 128 g/mol. The normalized spacial score (nSPS) is 24.4. The number of piperidine rings is 1. The van der Waals surface area contributed by atoms with E-state index in [-0.39, 0.29) is 6.04 Å². The van der Waals surface area contributed by atoms with Crippen LogP contribution in [0.1, 0.15) is 19.3 Å². The summed E-state index contributed by atoms with van der Waals surface area (Å²) in [6.07, 6.45) is 4.46. The number of nitrogens with one attached hydrogen (secondary N) is 1. The Balaban J connectivity index is 0.000000371. The molecule has 1 unspecified atom stereocenters. The van der Waals surface area contributed by atoms with Gasteiger partial charge in [0.2, 0.25) is 0 Å². The van der Waals surface area contributed by atoms with E-state index in [9.17, 15) is 4.79 Å². The molecule has 3 nitrogen and oxygen atoms in total. The number of carbonyl (C=O) groups excluding carboxylic acids is 1. The SMILES string of the molecule is CN.O=CC1CCCCN1. The molecule has 0 bridgehead atoms. The van der Waals surface area contributed by atoms with Gasteiger partial charge in [-0.15, -0.1) is 0 Å². The molecule has 0 aromatic rings. The highest BCUT2D eigenvalue weighted by atomic mass is 16.1. The fourth-order valence-electron chi connectivity index (χ4n) is 0.995. The maximum Gasteiger partial charge on any atom is 0.136 e. The number of aldehydes is 1. The standard InChI is InChI=1S/C6H11NO.CH5N/c8-5-6-3-1-2-4-7-6;1-2/h5-7H,1-4H2;2H2,1H3. The molecule has 0 spiro atoms. The van der Waals surface area contributed by atoms with Gasteiger partial charge in [-0.05, 0) is 26.4 Å². The molecule has 60 valence electrons.